The highest BCUT2D eigenvalue weighted by atomic mass is 16.6. The molecule has 2 aliphatic rings. The number of fused-ring (bicyclic) bond motifs is 1. The van der Waals surface area contributed by atoms with Crippen LogP contribution in [0.25, 0.3) is 44.4 Å². The molecule has 48 heavy (non-hydrogen) atoms. The quantitative estimate of drug-likeness (QED) is 0.184. The van der Waals surface area contributed by atoms with Gasteiger partial charge in [0.15, 0.2) is 0 Å². The van der Waals surface area contributed by atoms with Gasteiger partial charge in [-0.3, -0.25) is 0 Å². The molecule has 5 aromatic rings. The van der Waals surface area contributed by atoms with Crippen LogP contribution in [0.5, 0.6) is 0 Å². The van der Waals surface area contributed by atoms with Gasteiger partial charge in [-0.1, -0.05) is 48.5 Å². The van der Waals surface area contributed by atoms with Crippen LogP contribution in [-0.4, -0.2) is 90.1 Å². The van der Waals surface area contributed by atoms with Crippen molar-refractivity contribution in [3.8, 4) is 33.6 Å². The Balaban J connectivity index is 1.06. The monoisotopic (exact) mass is 648 g/mol. The summed E-state index contributed by atoms with van der Waals surface area (Å²) in [6.45, 7) is 7.00. The lowest BCUT2D eigenvalue weighted by atomic mass is 9.98. The van der Waals surface area contributed by atoms with Crippen LogP contribution in [0.1, 0.15) is 57.3 Å². The van der Waals surface area contributed by atoms with Gasteiger partial charge in [-0.2, -0.15) is 0 Å². The normalized spacial score (nSPS) is 19.0. The lowest BCUT2D eigenvalue weighted by molar-refractivity contribution is -0.0318. The van der Waals surface area contributed by atoms with Crippen LogP contribution < -0.4 is 0 Å². The van der Waals surface area contributed by atoms with Crippen LogP contribution in [0.3, 0.4) is 0 Å². The van der Waals surface area contributed by atoms with E-state index in [-0.39, 0.29) is 18.2 Å². The average molecular weight is 649 g/mol. The first-order valence-electron chi connectivity index (χ1n) is 16.2. The Hall–Kier alpha value is -5.20. The van der Waals surface area contributed by atoms with Gasteiger partial charge in [0, 0.05) is 32.7 Å². The van der Waals surface area contributed by atoms with Crippen LogP contribution in [0.2, 0.25) is 0 Å². The lowest BCUT2D eigenvalue weighted by Crippen LogP contribution is -2.43. The molecule has 2 amide bonds. The number of carbonyl (C=O) groups is 2. The minimum Gasteiger partial charge on any atom is -0.464 e. The molecule has 2 atom stereocenters. The molecule has 2 saturated heterocycles. The number of benzene rings is 3. The number of nitrogens with one attached hydrogen (secondary N) is 2. The molecule has 1 unspecified atom stereocenters. The molecule has 2 aromatic heterocycles. The highest BCUT2D eigenvalue weighted by molar-refractivity contribution is 5.90. The van der Waals surface area contributed by atoms with E-state index in [0.29, 0.717) is 18.8 Å². The number of aromatic amines is 2. The SMILES string of the molecule is CN1CCC(c2ncc(-c3ccc(-c4ccc5cc(-c6cnc([C@@H]7CCN(C)N7C(=O)OC(C)(C)C)[nH]6)ccc5c4)cc3)[nH]2)N1C(=O)O. The van der Waals surface area contributed by atoms with Gasteiger partial charge in [-0.15, -0.1) is 0 Å². The van der Waals surface area contributed by atoms with Crippen molar-refractivity contribution in [1.82, 2.24) is 40.0 Å². The summed E-state index contributed by atoms with van der Waals surface area (Å²) < 4.78 is 5.66. The Morgan fingerprint density at radius 3 is 1.79 bits per heavy atom. The summed E-state index contributed by atoms with van der Waals surface area (Å²) in [7, 11) is 3.67. The number of hydrazine groups is 2. The van der Waals surface area contributed by atoms with Crippen molar-refractivity contribution in [2.45, 2.75) is 51.3 Å². The first-order chi connectivity index (χ1) is 22.9. The number of hydrogen-bond acceptors (Lipinski definition) is 7. The third-order valence-electron chi connectivity index (χ3n) is 9.06. The summed E-state index contributed by atoms with van der Waals surface area (Å²) in [5.74, 6) is 1.38. The van der Waals surface area contributed by atoms with Gasteiger partial charge in [-0.25, -0.2) is 39.6 Å². The number of carbonyl (C=O) groups excluding carboxylic acids is 1. The smallest absolute Gasteiger partial charge is 0.425 e. The van der Waals surface area contributed by atoms with Crippen molar-refractivity contribution >= 4 is 23.0 Å². The Kier molecular flexibility index (Phi) is 7.92. The second-order valence-electron chi connectivity index (χ2n) is 13.5. The molecule has 2 aliphatic heterocycles. The summed E-state index contributed by atoms with van der Waals surface area (Å²) in [6.07, 6.45) is 3.69. The number of carboxylic acid groups (broad SMARTS) is 1. The van der Waals surface area contributed by atoms with E-state index in [4.69, 9.17) is 4.74 Å². The minimum atomic E-state index is -0.981. The van der Waals surface area contributed by atoms with Crippen LogP contribution in [0.15, 0.2) is 73.1 Å². The van der Waals surface area contributed by atoms with Crippen molar-refractivity contribution in [3.05, 3.63) is 84.7 Å². The molecule has 12 heteroatoms. The van der Waals surface area contributed by atoms with E-state index >= 15 is 0 Å². The second-order valence-corrected chi connectivity index (χ2v) is 13.5. The van der Waals surface area contributed by atoms with Crippen LogP contribution >= 0.6 is 0 Å². The molecular formula is C36H40N8O4. The third-order valence-corrected chi connectivity index (χ3v) is 9.06. The number of ether oxygens (including phenoxy) is 1. The highest BCUT2D eigenvalue weighted by Crippen LogP contribution is 2.35. The molecular weight excluding hydrogens is 608 g/mol. The molecule has 4 heterocycles. The molecule has 3 aromatic carbocycles. The number of imidazole rings is 2. The molecule has 0 aliphatic carbocycles. The zero-order valence-corrected chi connectivity index (χ0v) is 27.8. The molecule has 0 spiro atoms. The molecule has 7 rings (SSSR count). The lowest BCUT2D eigenvalue weighted by Gasteiger charge is -2.31. The summed E-state index contributed by atoms with van der Waals surface area (Å²) in [5.41, 5.74) is 5.35. The van der Waals surface area contributed by atoms with E-state index in [1.807, 2.05) is 39.0 Å². The largest absolute Gasteiger partial charge is 0.464 e. The Morgan fingerprint density at radius 1 is 0.729 bits per heavy atom. The Morgan fingerprint density at radius 2 is 1.21 bits per heavy atom. The molecule has 2 fully saturated rings. The second kappa shape index (κ2) is 12.1. The highest BCUT2D eigenvalue weighted by Gasteiger charge is 2.39. The first-order valence-corrected chi connectivity index (χ1v) is 16.2. The van der Waals surface area contributed by atoms with Crippen molar-refractivity contribution in [3.63, 3.8) is 0 Å². The van der Waals surface area contributed by atoms with Gasteiger partial charge in [-0.05, 0) is 73.2 Å². The fourth-order valence-corrected chi connectivity index (χ4v) is 6.65. The van der Waals surface area contributed by atoms with Gasteiger partial charge in [0.05, 0.1) is 23.8 Å². The van der Waals surface area contributed by atoms with Gasteiger partial charge < -0.3 is 19.8 Å². The van der Waals surface area contributed by atoms with Gasteiger partial charge >= 0.3 is 12.2 Å². The molecule has 0 radical (unpaired) electrons. The number of H-pyrrole nitrogens is 2. The van der Waals surface area contributed by atoms with Crippen molar-refractivity contribution in [1.29, 1.82) is 0 Å². The van der Waals surface area contributed by atoms with Crippen molar-refractivity contribution in [2.75, 3.05) is 27.2 Å². The Labute approximate surface area is 278 Å². The molecule has 248 valence electrons. The predicted molar refractivity (Wildman–Crippen MR) is 182 cm³/mol. The zero-order valence-electron chi connectivity index (χ0n) is 27.8. The number of amides is 2. The summed E-state index contributed by atoms with van der Waals surface area (Å²) in [6, 6.07) is 20.5. The number of hydrogen-bond donors (Lipinski definition) is 3. The van der Waals surface area contributed by atoms with Crippen molar-refractivity contribution in [2.24, 2.45) is 0 Å². The number of aromatic nitrogens is 4. The van der Waals surface area contributed by atoms with E-state index in [2.05, 4.69) is 80.6 Å². The summed E-state index contributed by atoms with van der Waals surface area (Å²) >= 11 is 0. The standard InChI is InChI=1S/C36H40N8O4/c1-36(2,3)48-35(47)44-31(15-17-42(44)5)33-38-21-29(40-33)27-13-12-25-18-24(10-11-26(25)19-27)22-6-8-23(9-7-22)28-20-37-32(39-28)30-14-16-41(4)43(30)34(45)46/h6-13,18-21,30-31H,14-17H2,1-5H3,(H,37,39)(H,38,40)(H,45,46)/t30?,31-/m0/s1. The van der Waals surface area contributed by atoms with Crippen molar-refractivity contribution < 1.29 is 19.4 Å². The summed E-state index contributed by atoms with van der Waals surface area (Å²) in [4.78, 5) is 40.7. The van der Waals surface area contributed by atoms with E-state index < -0.39 is 11.7 Å². The average Bonchev–Trinajstić information content (AvgIpc) is 3.86. The van der Waals surface area contributed by atoms with Gasteiger partial charge in [0.25, 0.3) is 0 Å². The van der Waals surface area contributed by atoms with Crippen LogP contribution in [0, 0.1) is 0 Å². The van der Waals surface area contributed by atoms with E-state index in [1.165, 1.54) is 5.01 Å². The topological polar surface area (TPSA) is 134 Å². The van der Waals surface area contributed by atoms with E-state index in [9.17, 15) is 14.7 Å². The van der Waals surface area contributed by atoms with E-state index in [1.54, 1.807) is 23.3 Å². The predicted octanol–water partition coefficient (Wildman–Crippen LogP) is 7.09. The van der Waals surface area contributed by atoms with Gasteiger partial charge in [0.2, 0.25) is 0 Å². The number of nitrogens with zero attached hydrogens (tertiary/aromatic N) is 6. The zero-order chi connectivity index (χ0) is 33.7. The van der Waals surface area contributed by atoms with Crippen LogP contribution in [-0.2, 0) is 4.74 Å². The fraction of sp³-hybridized carbons (Fsp3) is 0.333. The van der Waals surface area contributed by atoms with E-state index in [0.717, 1.165) is 63.2 Å². The fourth-order valence-electron chi connectivity index (χ4n) is 6.65. The van der Waals surface area contributed by atoms with Gasteiger partial charge in [0.1, 0.15) is 29.3 Å². The maximum Gasteiger partial charge on any atom is 0.425 e. The number of rotatable bonds is 5. The van der Waals surface area contributed by atoms with Crippen LogP contribution in [0.4, 0.5) is 9.59 Å². The molecule has 0 saturated carbocycles. The molecule has 3 N–H and O–H groups in total. The third kappa shape index (κ3) is 6.00. The Bertz CT molecular complexity index is 1980. The maximum absolute atomic E-state index is 13.0. The molecule has 12 nitrogen and oxygen atoms in total. The first kappa shape index (κ1) is 31.4. The maximum atomic E-state index is 13.0. The summed E-state index contributed by atoms with van der Waals surface area (Å²) in [5, 5.41) is 18.4. The minimum absolute atomic E-state index is 0.222. The molecule has 0 bridgehead atoms.